The number of piperazine rings is 1. The number of carbonyl (C=O) groups is 1. The second-order valence-corrected chi connectivity index (χ2v) is 11.8. The van der Waals surface area contributed by atoms with Crippen molar-refractivity contribution in [3.8, 4) is 6.07 Å². The maximum Gasteiger partial charge on any atom is 0.270 e. The van der Waals surface area contributed by atoms with Gasteiger partial charge in [-0.2, -0.15) is 5.26 Å². The predicted octanol–water partition coefficient (Wildman–Crippen LogP) is 5.22. The van der Waals surface area contributed by atoms with Crippen molar-refractivity contribution in [3.63, 3.8) is 0 Å². The van der Waals surface area contributed by atoms with E-state index in [-0.39, 0.29) is 22.8 Å². The zero-order valence-corrected chi connectivity index (χ0v) is 24.8. The fourth-order valence-electron chi connectivity index (χ4n) is 5.29. The molecule has 2 aromatic carbocycles. The van der Waals surface area contributed by atoms with Crippen LogP contribution >= 0.6 is 24.0 Å². The van der Waals surface area contributed by atoms with Gasteiger partial charge in [-0.25, -0.2) is 4.39 Å². The molecule has 0 unspecified atom stereocenters. The number of thiocarbonyl (C=S) groups is 1. The van der Waals surface area contributed by atoms with Crippen LogP contribution in [0.25, 0.3) is 6.08 Å². The van der Waals surface area contributed by atoms with Crippen molar-refractivity contribution in [2.24, 2.45) is 0 Å². The van der Waals surface area contributed by atoms with Crippen molar-refractivity contribution in [2.75, 3.05) is 36.0 Å². The van der Waals surface area contributed by atoms with Crippen LogP contribution in [0, 0.1) is 31.0 Å². The minimum Gasteiger partial charge on any atom is -0.366 e. The maximum absolute atomic E-state index is 14.5. The molecule has 0 saturated carbocycles. The highest BCUT2D eigenvalue weighted by Crippen LogP contribution is 2.37. The summed E-state index contributed by atoms with van der Waals surface area (Å²) in [6.07, 6.45) is 1.77. The van der Waals surface area contributed by atoms with Crippen LogP contribution in [0.1, 0.15) is 34.7 Å². The van der Waals surface area contributed by atoms with Crippen LogP contribution in [-0.2, 0) is 17.9 Å². The lowest BCUT2D eigenvalue weighted by Gasteiger charge is -2.39. The lowest BCUT2D eigenvalue weighted by molar-refractivity contribution is -0.122. The maximum atomic E-state index is 14.5. The Morgan fingerprint density at radius 3 is 2.32 bits per heavy atom. The first-order chi connectivity index (χ1) is 19.7. The van der Waals surface area contributed by atoms with Gasteiger partial charge in [-0.1, -0.05) is 65.9 Å². The molecule has 0 radical (unpaired) electrons. The largest absolute Gasteiger partial charge is 0.366 e. The Labute approximate surface area is 248 Å². The zero-order valence-electron chi connectivity index (χ0n) is 23.2. The molecule has 2 saturated heterocycles. The molecule has 0 spiro atoms. The van der Waals surface area contributed by atoms with E-state index in [1.807, 2.05) is 49.1 Å². The van der Waals surface area contributed by atoms with Gasteiger partial charge in [0.25, 0.3) is 11.5 Å². The Hall–Kier alpha value is -3.94. The highest BCUT2D eigenvalue weighted by atomic mass is 32.2. The number of aromatic nitrogens is 1. The lowest BCUT2D eigenvalue weighted by Crippen LogP contribution is -2.49. The molecular weight excluding hydrogens is 558 g/mol. The molecule has 2 fully saturated rings. The topological polar surface area (TPSA) is 72.6 Å². The number of hydrogen-bond donors (Lipinski definition) is 0. The quantitative estimate of drug-likeness (QED) is 0.289. The van der Waals surface area contributed by atoms with Gasteiger partial charge in [0, 0.05) is 38.3 Å². The fourth-order valence-corrected chi connectivity index (χ4v) is 6.53. The summed E-state index contributed by atoms with van der Waals surface area (Å²) in [4.78, 5) is 33.0. The number of anilines is 2. The van der Waals surface area contributed by atoms with Gasteiger partial charge < -0.3 is 9.80 Å². The molecule has 0 aliphatic carbocycles. The number of pyridine rings is 1. The van der Waals surface area contributed by atoms with E-state index in [0.29, 0.717) is 71.1 Å². The third-order valence-corrected chi connectivity index (χ3v) is 8.92. The van der Waals surface area contributed by atoms with E-state index in [4.69, 9.17) is 12.2 Å². The van der Waals surface area contributed by atoms with Crippen LogP contribution in [0.2, 0.25) is 0 Å². The molecule has 2 aliphatic rings. The molecule has 7 nitrogen and oxygen atoms in total. The van der Waals surface area contributed by atoms with Gasteiger partial charge in [0.2, 0.25) is 0 Å². The smallest absolute Gasteiger partial charge is 0.270 e. The molecular formula is C31H30FN5O2S2. The minimum absolute atomic E-state index is 0.0574. The number of benzene rings is 2. The van der Waals surface area contributed by atoms with E-state index in [0.717, 1.165) is 11.1 Å². The van der Waals surface area contributed by atoms with Gasteiger partial charge in [-0.15, -0.1) is 0 Å². The van der Waals surface area contributed by atoms with Gasteiger partial charge >= 0.3 is 0 Å². The number of amides is 1. The summed E-state index contributed by atoms with van der Waals surface area (Å²) in [6, 6.07) is 16.8. The second-order valence-electron chi connectivity index (χ2n) is 10.1. The summed E-state index contributed by atoms with van der Waals surface area (Å²) in [5.74, 6) is 0.183. The lowest BCUT2D eigenvalue weighted by atomic mass is 10.0. The van der Waals surface area contributed by atoms with Crippen LogP contribution < -0.4 is 15.4 Å². The number of nitriles is 1. The zero-order chi connectivity index (χ0) is 29.3. The van der Waals surface area contributed by atoms with E-state index in [2.05, 4.69) is 11.0 Å². The van der Waals surface area contributed by atoms with E-state index in [1.54, 1.807) is 34.6 Å². The average Bonchev–Trinajstić information content (AvgIpc) is 3.23. The summed E-state index contributed by atoms with van der Waals surface area (Å²) >= 11 is 6.81. The second kappa shape index (κ2) is 11.9. The van der Waals surface area contributed by atoms with Crippen LogP contribution in [0.3, 0.4) is 0 Å². The molecule has 1 amide bonds. The Balaban J connectivity index is 1.51. The van der Waals surface area contributed by atoms with Crippen molar-refractivity contribution >= 4 is 51.8 Å². The molecule has 10 heteroatoms. The summed E-state index contributed by atoms with van der Waals surface area (Å²) in [6.45, 7) is 8.52. The number of hydrogen-bond acceptors (Lipinski definition) is 7. The average molecular weight is 588 g/mol. The Kier molecular flexibility index (Phi) is 8.29. The van der Waals surface area contributed by atoms with Crippen molar-refractivity contribution < 1.29 is 9.18 Å². The van der Waals surface area contributed by atoms with Crippen molar-refractivity contribution in [3.05, 3.63) is 97.4 Å². The number of rotatable bonds is 6. The number of para-hydroxylation sites is 1. The van der Waals surface area contributed by atoms with Gasteiger partial charge in [0.05, 0.1) is 17.1 Å². The molecule has 0 atom stereocenters. The number of thioether (sulfide) groups is 1. The highest BCUT2D eigenvalue weighted by molar-refractivity contribution is 8.26. The van der Waals surface area contributed by atoms with Crippen molar-refractivity contribution in [1.82, 2.24) is 9.47 Å². The van der Waals surface area contributed by atoms with Crippen molar-refractivity contribution in [1.29, 1.82) is 5.26 Å². The summed E-state index contributed by atoms with van der Waals surface area (Å²) in [7, 11) is 0. The molecule has 3 aromatic rings. The molecule has 0 N–H and O–H groups in total. The summed E-state index contributed by atoms with van der Waals surface area (Å²) in [5.41, 5.74) is 3.54. The standard InChI is InChI=1S/C31H30FN5O2S2/c1-4-36-28(35-15-13-34(14-16-35)26-8-6-5-7-25(26)32)23(21(3)24(18-33)29(36)38)17-27-30(39)37(31(40)41-27)19-22-11-9-20(2)10-12-22/h5-12,17H,4,13-16,19H2,1-3H3/b27-17+. The van der Waals surface area contributed by atoms with Crippen LogP contribution in [0.5, 0.6) is 0 Å². The molecule has 1 aromatic heterocycles. The highest BCUT2D eigenvalue weighted by Gasteiger charge is 2.34. The number of halogens is 1. The molecule has 2 aliphatic heterocycles. The molecule has 0 bridgehead atoms. The number of nitrogens with zero attached hydrogens (tertiary/aromatic N) is 5. The molecule has 210 valence electrons. The molecule has 41 heavy (non-hydrogen) atoms. The monoisotopic (exact) mass is 587 g/mol. The van der Waals surface area contributed by atoms with E-state index in [1.165, 1.54) is 17.8 Å². The summed E-state index contributed by atoms with van der Waals surface area (Å²) in [5, 5.41) is 9.87. The Bertz CT molecular complexity index is 1650. The molecule has 5 rings (SSSR count). The van der Waals surface area contributed by atoms with Gasteiger partial charge in [-0.05, 0) is 50.1 Å². The summed E-state index contributed by atoms with van der Waals surface area (Å²) < 4.78 is 16.5. The van der Waals surface area contributed by atoms with Gasteiger partial charge in [-0.3, -0.25) is 19.1 Å². The first-order valence-electron chi connectivity index (χ1n) is 13.5. The van der Waals surface area contributed by atoms with Gasteiger partial charge in [0.15, 0.2) is 0 Å². The fraction of sp³-hybridized carbons (Fsp3) is 0.290. The third-order valence-electron chi connectivity index (χ3n) is 7.55. The first-order valence-corrected chi connectivity index (χ1v) is 14.7. The Morgan fingerprint density at radius 2 is 1.68 bits per heavy atom. The normalized spacial score (nSPS) is 16.6. The first kappa shape index (κ1) is 28.6. The minimum atomic E-state index is -0.358. The van der Waals surface area contributed by atoms with Gasteiger partial charge in [0.1, 0.15) is 27.6 Å². The van der Waals surface area contributed by atoms with Crippen LogP contribution in [0.4, 0.5) is 15.9 Å². The number of carbonyl (C=O) groups excluding carboxylic acids is 1. The van der Waals surface area contributed by atoms with Crippen LogP contribution in [0.15, 0.2) is 58.2 Å². The Morgan fingerprint density at radius 1 is 1.02 bits per heavy atom. The third kappa shape index (κ3) is 5.52. The molecule has 3 heterocycles. The van der Waals surface area contributed by atoms with E-state index < -0.39 is 0 Å². The SMILES string of the molecule is CCn1c(N2CCN(c3ccccc3F)CC2)c(/C=C2/SC(=S)N(Cc3ccc(C)cc3)C2=O)c(C)c(C#N)c1=O. The predicted molar refractivity (Wildman–Crippen MR) is 167 cm³/mol. The van der Waals surface area contributed by atoms with Crippen LogP contribution in [-0.4, -0.2) is 45.9 Å². The van der Waals surface area contributed by atoms with Crippen molar-refractivity contribution in [2.45, 2.75) is 33.9 Å². The number of aryl methyl sites for hydroxylation is 1. The van der Waals surface area contributed by atoms with E-state index >= 15 is 0 Å². The van der Waals surface area contributed by atoms with E-state index in [9.17, 15) is 19.2 Å².